The largest absolute Gasteiger partial charge is 0.465 e. The van der Waals surface area contributed by atoms with E-state index in [1.807, 2.05) is 60.7 Å². The molecule has 0 aliphatic heterocycles. The Morgan fingerprint density at radius 1 is 0.913 bits per heavy atom. The predicted octanol–water partition coefficient (Wildman–Crippen LogP) is 3.64. The zero-order valence-electron chi connectivity index (χ0n) is 13.3. The Labute approximate surface area is 136 Å². The van der Waals surface area contributed by atoms with Crippen LogP contribution in [0.2, 0.25) is 0 Å². The van der Waals surface area contributed by atoms with Gasteiger partial charge in [0.05, 0.1) is 6.61 Å². The Morgan fingerprint density at radius 3 is 1.91 bits per heavy atom. The van der Waals surface area contributed by atoms with E-state index in [2.05, 4.69) is 0 Å². The fourth-order valence-electron chi connectivity index (χ4n) is 2.48. The molecule has 0 bridgehead atoms. The maximum atomic E-state index is 12.5. The summed E-state index contributed by atoms with van der Waals surface area (Å²) in [6, 6.07) is 18.5. The van der Waals surface area contributed by atoms with Gasteiger partial charge in [0.25, 0.3) is 0 Å². The molecule has 0 saturated carbocycles. The Balaban J connectivity index is 2.47. The van der Waals surface area contributed by atoms with Crippen molar-refractivity contribution in [2.75, 3.05) is 6.61 Å². The molecule has 0 unspecified atom stereocenters. The van der Waals surface area contributed by atoms with Gasteiger partial charge in [-0.1, -0.05) is 60.7 Å². The van der Waals surface area contributed by atoms with Crippen molar-refractivity contribution >= 4 is 11.9 Å². The van der Waals surface area contributed by atoms with Crippen LogP contribution >= 0.6 is 0 Å². The second kappa shape index (κ2) is 8.13. The topological polar surface area (TPSA) is 52.6 Å². The molecule has 2 aromatic carbocycles. The molecule has 0 fully saturated rings. The third-order valence-electron chi connectivity index (χ3n) is 3.42. The zero-order chi connectivity index (χ0) is 16.7. The second-order valence-corrected chi connectivity index (χ2v) is 5.08. The highest BCUT2D eigenvalue weighted by atomic mass is 16.6. The number of hydrogen-bond acceptors (Lipinski definition) is 4. The van der Waals surface area contributed by atoms with E-state index in [1.165, 1.54) is 6.92 Å². The van der Waals surface area contributed by atoms with Crippen LogP contribution in [0, 0.1) is 0 Å². The van der Waals surface area contributed by atoms with E-state index in [4.69, 9.17) is 9.47 Å². The van der Waals surface area contributed by atoms with Crippen LogP contribution in [0.25, 0.3) is 0 Å². The molecule has 2 atom stereocenters. The van der Waals surface area contributed by atoms with Crippen LogP contribution in [0.1, 0.15) is 37.0 Å². The fraction of sp³-hybridized carbons (Fsp3) is 0.263. The minimum atomic E-state index is -0.727. The van der Waals surface area contributed by atoms with Crippen molar-refractivity contribution in [3.63, 3.8) is 0 Å². The van der Waals surface area contributed by atoms with Gasteiger partial charge in [-0.05, 0) is 18.1 Å². The lowest BCUT2D eigenvalue weighted by Gasteiger charge is -2.26. The summed E-state index contributed by atoms with van der Waals surface area (Å²) < 4.78 is 10.7. The highest BCUT2D eigenvalue weighted by molar-refractivity contribution is 5.80. The molecule has 0 radical (unpaired) electrons. The van der Waals surface area contributed by atoms with Gasteiger partial charge >= 0.3 is 11.9 Å². The molecule has 4 heteroatoms. The Hall–Kier alpha value is -2.62. The van der Waals surface area contributed by atoms with Crippen molar-refractivity contribution in [2.45, 2.75) is 25.9 Å². The summed E-state index contributed by atoms with van der Waals surface area (Å²) in [5, 5.41) is 0. The monoisotopic (exact) mass is 312 g/mol. The van der Waals surface area contributed by atoms with Crippen molar-refractivity contribution in [3.8, 4) is 0 Å². The van der Waals surface area contributed by atoms with Crippen molar-refractivity contribution < 1.29 is 19.1 Å². The highest BCUT2D eigenvalue weighted by Gasteiger charge is 2.34. The smallest absolute Gasteiger partial charge is 0.317 e. The summed E-state index contributed by atoms with van der Waals surface area (Å²) in [6.45, 7) is 3.36. The Morgan fingerprint density at radius 2 is 1.43 bits per heavy atom. The van der Waals surface area contributed by atoms with Gasteiger partial charge in [0, 0.05) is 6.92 Å². The molecule has 23 heavy (non-hydrogen) atoms. The van der Waals surface area contributed by atoms with E-state index in [0.717, 1.165) is 11.1 Å². The van der Waals surface area contributed by atoms with Crippen molar-refractivity contribution in [1.82, 2.24) is 0 Å². The minimum absolute atomic E-state index is 0.268. The summed E-state index contributed by atoms with van der Waals surface area (Å²) in [5.41, 5.74) is 1.51. The quantitative estimate of drug-likeness (QED) is 0.764. The average Bonchev–Trinajstić information content (AvgIpc) is 2.56. The SMILES string of the molecule is CCOC(=O)[C@H](c1ccccc1)[C@H](OC(C)=O)c1ccccc1. The molecule has 0 aliphatic carbocycles. The van der Waals surface area contributed by atoms with Crippen LogP contribution in [0.5, 0.6) is 0 Å². The molecule has 120 valence electrons. The maximum Gasteiger partial charge on any atom is 0.317 e. The van der Waals surface area contributed by atoms with Crippen LogP contribution < -0.4 is 0 Å². The zero-order valence-corrected chi connectivity index (χ0v) is 13.3. The van der Waals surface area contributed by atoms with Crippen molar-refractivity contribution in [1.29, 1.82) is 0 Å². The molecule has 4 nitrogen and oxygen atoms in total. The van der Waals surface area contributed by atoms with Gasteiger partial charge in [-0.25, -0.2) is 0 Å². The lowest BCUT2D eigenvalue weighted by molar-refractivity contribution is -0.156. The van der Waals surface area contributed by atoms with Gasteiger partial charge in [-0.3, -0.25) is 9.59 Å². The molecular formula is C19H20O4. The van der Waals surface area contributed by atoms with Gasteiger partial charge < -0.3 is 9.47 Å². The average molecular weight is 312 g/mol. The number of ether oxygens (including phenoxy) is 2. The van der Waals surface area contributed by atoms with Gasteiger partial charge in [0.2, 0.25) is 0 Å². The molecule has 0 N–H and O–H groups in total. The molecule has 0 saturated heterocycles. The van der Waals surface area contributed by atoms with E-state index in [1.54, 1.807) is 6.92 Å². The van der Waals surface area contributed by atoms with E-state index in [0.29, 0.717) is 0 Å². The summed E-state index contributed by atoms with van der Waals surface area (Å²) in [6.07, 6.45) is -0.727. The van der Waals surface area contributed by atoms with Crippen molar-refractivity contribution in [2.24, 2.45) is 0 Å². The van der Waals surface area contributed by atoms with E-state index >= 15 is 0 Å². The first-order chi connectivity index (χ1) is 11.1. The van der Waals surface area contributed by atoms with Gasteiger partial charge in [0.1, 0.15) is 12.0 Å². The lowest BCUT2D eigenvalue weighted by atomic mass is 9.89. The molecule has 0 amide bonds. The molecule has 2 rings (SSSR count). The van der Waals surface area contributed by atoms with Gasteiger partial charge in [0.15, 0.2) is 0 Å². The summed E-state index contributed by atoms with van der Waals surface area (Å²) in [7, 11) is 0. The maximum absolute atomic E-state index is 12.5. The molecular weight excluding hydrogens is 292 g/mol. The van der Waals surface area contributed by atoms with Gasteiger partial charge in [-0.15, -0.1) is 0 Å². The molecule has 0 heterocycles. The molecule has 0 aromatic heterocycles. The Bertz CT molecular complexity index is 637. The highest BCUT2D eigenvalue weighted by Crippen LogP contribution is 2.35. The number of esters is 2. The first-order valence-corrected chi connectivity index (χ1v) is 7.57. The van der Waals surface area contributed by atoms with E-state index < -0.39 is 24.0 Å². The summed E-state index contributed by atoms with van der Waals surface area (Å²) in [4.78, 5) is 24.1. The van der Waals surface area contributed by atoms with Crippen LogP contribution in [0.15, 0.2) is 60.7 Å². The number of carbonyl (C=O) groups excluding carboxylic acids is 2. The van der Waals surface area contributed by atoms with Crippen LogP contribution in [-0.4, -0.2) is 18.5 Å². The first kappa shape index (κ1) is 16.7. The molecule has 0 aliphatic rings. The Kier molecular flexibility index (Phi) is 5.92. The minimum Gasteiger partial charge on any atom is -0.465 e. The normalized spacial score (nSPS) is 13.0. The third kappa shape index (κ3) is 4.42. The molecule has 0 spiro atoms. The van der Waals surface area contributed by atoms with Crippen LogP contribution in [0.3, 0.4) is 0 Å². The van der Waals surface area contributed by atoms with E-state index in [9.17, 15) is 9.59 Å². The first-order valence-electron chi connectivity index (χ1n) is 7.57. The number of hydrogen-bond donors (Lipinski definition) is 0. The number of benzene rings is 2. The standard InChI is InChI=1S/C19H20O4/c1-3-22-19(21)17(15-10-6-4-7-11-15)18(23-14(2)20)16-12-8-5-9-13-16/h4-13,17-18H,3H2,1-2H3/t17-,18-/m1/s1. The summed E-state index contributed by atoms with van der Waals surface area (Å²) in [5.74, 6) is -1.56. The predicted molar refractivity (Wildman–Crippen MR) is 86.8 cm³/mol. The van der Waals surface area contributed by atoms with Gasteiger partial charge in [-0.2, -0.15) is 0 Å². The number of carbonyl (C=O) groups is 2. The summed E-state index contributed by atoms with van der Waals surface area (Å²) >= 11 is 0. The lowest BCUT2D eigenvalue weighted by Crippen LogP contribution is -2.26. The van der Waals surface area contributed by atoms with Crippen LogP contribution in [-0.2, 0) is 19.1 Å². The second-order valence-electron chi connectivity index (χ2n) is 5.08. The molecule has 2 aromatic rings. The van der Waals surface area contributed by atoms with E-state index in [-0.39, 0.29) is 6.61 Å². The number of rotatable bonds is 6. The van der Waals surface area contributed by atoms with Crippen LogP contribution in [0.4, 0.5) is 0 Å². The van der Waals surface area contributed by atoms with Crippen molar-refractivity contribution in [3.05, 3.63) is 71.8 Å². The third-order valence-corrected chi connectivity index (χ3v) is 3.42. The fourth-order valence-corrected chi connectivity index (χ4v) is 2.48.